The van der Waals surface area contributed by atoms with Gasteiger partial charge in [-0.15, -0.1) is 17.0 Å². The molecule has 0 fully saturated rings. The van der Waals surface area contributed by atoms with Gasteiger partial charge in [-0.1, -0.05) is 0 Å². The van der Waals surface area contributed by atoms with Gasteiger partial charge in [-0.2, -0.15) is 0 Å². The average Bonchev–Trinajstić information content (AvgIpc) is 2.71. The van der Waals surface area contributed by atoms with Gasteiger partial charge in [0.05, 0.1) is 0 Å². The van der Waals surface area contributed by atoms with Gasteiger partial charge in [0, 0.05) is 0 Å². The van der Waals surface area contributed by atoms with E-state index in [0.717, 1.165) is 6.16 Å². The fourth-order valence-corrected chi connectivity index (χ4v) is 8.36. The summed E-state index contributed by atoms with van der Waals surface area (Å²) in [5.41, 5.74) is 0. The Morgan fingerprint density at radius 3 is 1.19 bits per heavy atom. The second-order valence-electron chi connectivity index (χ2n) is 6.11. The van der Waals surface area contributed by atoms with Gasteiger partial charge in [-0.25, -0.2) is 0 Å². The quantitative estimate of drug-likeness (QED) is 0.416. The molecule has 3 aromatic rings. The number of halogens is 1. The zero-order valence-electron chi connectivity index (χ0n) is 15.2. The van der Waals surface area contributed by atoms with Crippen LogP contribution < -0.4 is 15.9 Å². The first kappa shape index (κ1) is 20.8. The summed E-state index contributed by atoms with van der Waals surface area (Å²) >= 11 is 0. The number of benzene rings is 3. The fourth-order valence-electron chi connectivity index (χ4n) is 3.53. The topological polar surface area (TPSA) is 18.5 Å². The van der Waals surface area contributed by atoms with Crippen molar-refractivity contribution in [2.24, 2.45) is 0 Å². The summed E-state index contributed by atoms with van der Waals surface area (Å²) < 4.78 is 11.3. The second kappa shape index (κ2) is 9.99. The van der Waals surface area contributed by atoms with Crippen molar-refractivity contribution in [3.05, 3.63) is 91.0 Å². The Kier molecular flexibility index (Phi) is 7.99. The van der Waals surface area contributed by atoms with Crippen LogP contribution in [0, 0.1) is 0 Å². The van der Waals surface area contributed by atoms with Crippen molar-refractivity contribution < 1.29 is 9.47 Å². The van der Waals surface area contributed by atoms with E-state index in [9.17, 15) is 0 Å². The van der Waals surface area contributed by atoms with Crippen LogP contribution in [0.3, 0.4) is 0 Å². The van der Waals surface area contributed by atoms with Crippen LogP contribution in [0.25, 0.3) is 0 Å². The molecule has 0 saturated heterocycles. The van der Waals surface area contributed by atoms with Gasteiger partial charge in [0.1, 0.15) is 0 Å². The first-order valence-corrected chi connectivity index (χ1v) is 10.7. The van der Waals surface area contributed by atoms with Crippen LogP contribution in [-0.4, -0.2) is 26.7 Å². The normalized spacial score (nSPS) is 11.8. The second-order valence-corrected chi connectivity index (χ2v) is 10.1. The molecule has 0 unspecified atom stereocenters. The number of methoxy groups -OCH3 is 2. The third-order valence-corrected chi connectivity index (χ3v) is 9.70. The standard InChI is InChI=1S/C22H25O2P.BrH/c1-23-22(24-2)18-25(19-12-6-3-7-13-19,20-14-8-4-9-15-20)21-16-10-5-11-17-21;/h3-17,22,25H,18H2,1-2H3;1H. The number of rotatable bonds is 7. The van der Waals surface area contributed by atoms with Crippen molar-refractivity contribution in [2.75, 3.05) is 20.4 Å². The first-order chi connectivity index (χ1) is 12.3. The molecule has 26 heavy (non-hydrogen) atoms. The van der Waals surface area contributed by atoms with E-state index in [1.165, 1.54) is 15.9 Å². The molecule has 0 aliphatic heterocycles. The van der Waals surface area contributed by atoms with E-state index in [0.29, 0.717) is 0 Å². The first-order valence-electron chi connectivity index (χ1n) is 8.53. The molecule has 0 spiro atoms. The van der Waals surface area contributed by atoms with Gasteiger partial charge in [0.25, 0.3) is 0 Å². The Balaban J connectivity index is 0.00000243. The zero-order valence-corrected chi connectivity index (χ0v) is 17.9. The summed E-state index contributed by atoms with van der Waals surface area (Å²) in [6, 6.07) is 32.4. The summed E-state index contributed by atoms with van der Waals surface area (Å²) in [6.07, 6.45) is 0.588. The Labute approximate surface area is 167 Å². The minimum atomic E-state index is -2.28. The van der Waals surface area contributed by atoms with Crippen molar-refractivity contribution in [3.8, 4) is 0 Å². The summed E-state index contributed by atoms with van der Waals surface area (Å²) in [5, 5.41) is 4.10. The zero-order chi connectivity index (χ0) is 17.5. The monoisotopic (exact) mass is 432 g/mol. The molecule has 0 N–H and O–H groups in total. The summed E-state index contributed by atoms with van der Waals surface area (Å²) in [7, 11) is 1.15. The van der Waals surface area contributed by atoms with E-state index in [-0.39, 0.29) is 23.3 Å². The molecule has 0 aliphatic carbocycles. The molecular weight excluding hydrogens is 407 g/mol. The number of hydrogen-bond acceptors (Lipinski definition) is 2. The van der Waals surface area contributed by atoms with Gasteiger partial charge in [-0.05, 0) is 0 Å². The molecule has 0 aliphatic rings. The maximum atomic E-state index is 5.63. The molecule has 3 aromatic carbocycles. The minimum absolute atomic E-state index is 0. The van der Waals surface area contributed by atoms with E-state index in [1.807, 2.05) is 0 Å². The van der Waals surface area contributed by atoms with Crippen LogP contribution in [0.15, 0.2) is 91.0 Å². The Morgan fingerprint density at radius 2 is 0.923 bits per heavy atom. The maximum absolute atomic E-state index is 5.63. The summed E-state index contributed by atoms with van der Waals surface area (Å²) in [6.45, 7) is 0. The summed E-state index contributed by atoms with van der Waals surface area (Å²) in [4.78, 5) is 0. The van der Waals surface area contributed by atoms with Crippen molar-refractivity contribution in [1.82, 2.24) is 0 Å². The Hall–Kier alpha value is -1.51. The molecule has 0 aromatic heterocycles. The molecule has 138 valence electrons. The van der Waals surface area contributed by atoms with Crippen LogP contribution in [-0.2, 0) is 9.47 Å². The molecule has 4 heteroatoms. The SMILES string of the molecule is Br.COC(C[PH](c1ccccc1)(c1ccccc1)c1ccccc1)OC. The van der Waals surface area contributed by atoms with E-state index in [1.54, 1.807) is 14.2 Å². The number of hydrogen-bond donors (Lipinski definition) is 0. The van der Waals surface area contributed by atoms with Crippen molar-refractivity contribution >= 4 is 40.2 Å². The fraction of sp³-hybridized carbons (Fsp3) is 0.182. The van der Waals surface area contributed by atoms with Crippen LogP contribution in [0.5, 0.6) is 0 Å². The molecule has 0 amide bonds. The molecule has 0 bridgehead atoms. The van der Waals surface area contributed by atoms with Gasteiger partial charge in [0.15, 0.2) is 0 Å². The van der Waals surface area contributed by atoms with Crippen molar-refractivity contribution in [2.45, 2.75) is 6.29 Å². The predicted octanol–water partition coefficient (Wildman–Crippen LogP) is 3.91. The Bertz CT molecular complexity index is 665. The van der Waals surface area contributed by atoms with Crippen LogP contribution >= 0.6 is 24.2 Å². The predicted molar refractivity (Wildman–Crippen MR) is 120 cm³/mol. The third-order valence-electron chi connectivity index (χ3n) is 4.80. The van der Waals surface area contributed by atoms with Crippen molar-refractivity contribution in [3.63, 3.8) is 0 Å². The molecular formula is C22H26BrO2P. The molecule has 0 atom stereocenters. The van der Waals surface area contributed by atoms with Gasteiger partial charge in [-0.3, -0.25) is 0 Å². The average molecular weight is 433 g/mol. The van der Waals surface area contributed by atoms with E-state index in [2.05, 4.69) is 91.0 Å². The van der Waals surface area contributed by atoms with Gasteiger partial charge in [0.2, 0.25) is 0 Å². The number of ether oxygens (including phenoxy) is 2. The molecule has 0 radical (unpaired) electrons. The third kappa shape index (κ3) is 4.24. The molecule has 0 heterocycles. The molecule has 3 rings (SSSR count). The molecule has 0 saturated carbocycles. The summed E-state index contributed by atoms with van der Waals surface area (Å²) in [5.74, 6) is 0. The molecule has 2 nitrogen and oxygen atoms in total. The van der Waals surface area contributed by atoms with Gasteiger partial charge < -0.3 is 0 Å². The van der Waals surface area contributed by atoms with Gasteiger partial charge >= 0.3 is 150 Å². The van der Waals surface area contributed by atoms with E-state index >= 15 is 0 Å². The van der Waals surface area contributed by atoms with E-state index in [4.69, 9.17) is 9.47 Å². The van der Waals surface area contributed by atoms with Crippen molar-refractivity contribution in [1.29, 1.82) is 0 Å². The Morgan fingerprint density at radius 1 is 0.615 bits per heavy atom. The van der Waals surface area contributed by atoms with E-state index < -0.39 is 7.26 Å². The van der Waals surface area contributed by atoms with Crippen LogP contribution in [0.2, 0.25) is 0 Å². The van der Waals surface area contributed by atoms with Crippen LogP contribution in [0.1, 0.15) is 0 Å². The van der Waals surface area contributed by atoms with Crippen LogP contribution in [0.4, 0.5) is 0 Å².